The van der Waals surface area contributed by atoms with E-state index in [0.717, 1.165) is 31.0 Å². The van der Waals surface area contributed by atoms with Crippen molar-refractivity contribution in [2.24, 2.45) is 0 Å². The molecule has 0 radical (unpaired) electrons. The summed E-state index contributed by atoms with van der Waals surface area (Å²) in [4.78, 5) is 0. The zero-order valence-corrected chi connectivity index (χ0v) is 10.6. The second-order valence-electron chi connectivity index (χ2n) is 4.88. The van der Waals surface area contributed by atoms with Crippen molar-refractivity contribution < 1.29 is 8.78 Å². The molecule has 1 N–H and O–H groups in total. The highest BCUT2D eigenvalue weighted by molar-refractivity contribution is 5.42. The van der Waals surface area contributed by atoms with Gasteiger partial charge in [-0.25, -0.2) is 8.78 Å². The van der Waals surface area contributed by atoms with Crippen molar-refractivity contribution in [1.82, 2.24) is 5.32 Å². The normalized spacial score (nSPS) is 23.6. The van der Waals surface area contributed by atoms with Crippen LogP contribution in [0.15, 0.2) is 6.07 Å². The summed E-state index contributed by atoms with van der Waals surface area (Å²) in [7, 11) is 0. The van der Waals surface area contributed by atoms with Crippen LogP contribution in [-0.2, 0) is 0 Å². The summed E-state index contributed by atoms with van der Waals surface area (Å²) in [6, 6.07) is 1.12. The summed E-state index contributed by atoms with van der Waals surface area (Å²) in [5, 5.41) is 3.32. The first-order valence-electron chi connectivity index (χ1n) is 6.28. The Labute approximate surface area is 101 Å². The van der Waals surface area contributed by atoms with E-state index < -0.39 is 11.6 Å². The Bertz CT molecular complexity index is 429. The number of hydrogen-bond donors (Lipinski definition) is 1. The molecule has 3 heteroatoms. The fraction of sp³-hybridized carbons (Fsp3) is 0.571. The van der Waals surface area contributed by atoms with Crippen molar-refractivity contribution in [3.8, 4) is 0 Å². The van der Waals surface area contributed by atoms with Gasteiger partial charge in [0.25, 0.3) is 0 Å². The highest BCUT2D eigenvalue weighted by Gasteiger charge is 2.29. The average molecular weight is 239 g/mol. The van der Waals surface area contributed by atoms with Crippen molar-refractivity contribution in [1.29, 1.82) is 0 Å². The van der Waals surface area contributed by atoms with Crippen molar-refractivity contribution in [2.45, 2.75) is 45.6 Å². The van der Waals surface area contributed by atoms with E-state index in [1.54, 1.807) is 6.92 Å². The Balaban J connectivity index is 2.59. The predicted octanol–water partition coefficient (Wildman–Crippen LogP) is 3.82. The number of hydrogen-bond acceptors (Lipinski definition) is 1. The predicted molar refractivity (Wildman–Crippen MR) is 65.2 cm³/mol. The molecule has 0 amide bonds. The molecular weight excluding hydrogens is 220 g/mol. The van der Waals surface area contributed by atoms with Crippen LogP contribution in [0.1, 0.15) is 55.3 Å². The van der Waals surface area contributed by atoms with E-state index in [0.29, 0.717) is 11.1 Å². The third-order valence-corrected chi connectivity index (χ3v) is 3.74. The summed E-state index contributed by atoms with van der Waals surface area (Å²) in [6.07, 6.45) is 1.90. The van der Waals surface area contributed by atoms with Crippen molar-refractivity contribution in [3.05, 3.63) is 34.4 Å². The first kappa shape index (κ1) is 12.5. The largest absolute Gasteiger partial charge is 0.310 e. The number of rotatable bonds is 2. The zero-order chi connectivity index (χ0) is 12.6. The lowest BCUT2D eigenvalue weighted by Crippen LogP contribution is -2.28. The van der Waals surface area contributed by atoms with E-state index in [2.05, 4.69) is 5.32 Å². The Morgan fingerprint density at radius 3 is 2.59 bits per heavy atom. The van der Waals surface area contributed by atoms with E-state index in [-0.39, 0.29) is 12.0 Å². The van der Waals surface area contributed by atoms with Gasteiger partial charge in [-0.2, -0.15) is 0 Å². The van der Waals surface area contributed by atoms with Crippen molar-refractivity contribution in [2.75, 3.05) is 6.54 Å². The van der Waals surface area contributed by atoms with Crippen LogP contribution in [0.25, 0.3) is 0 Å². The third kappa shape index (κ3) is 2.08. The summed E-state index contributed by atoms with van der Waals surface area (Å²) >= 11 is 0. The molecule has 0 saturated carbocycles. The minimum absolute atomic E-state index is 0.0939. The lowest BCUT2D eigenvalue weighted by Gasteiger charge is -2.32. The van der Waals surface area contributed by atoms with Gasteiger partial charge in [-0.3, -0.25) is 0 Å². The van der Waals surface area contributed by atoms with Gasteiger partial charge >= 0.3 is 0 Å². The molecule has 1 nitrogen and oxygen atoms in total. The van der Waals surface area contributed by atoms with Gasteiger partial charge < -0.3 is 5.32 Å². The van der Waals surface area contributed by atoms with Gasteiger partial charge in [-0.15, -0.1) is 0 Å². The molecule has 1 aliphatic rings. The molecule has 1 aliphatic carbocycles. The molecule has 0 bridgehead atoms. The minimum Gasteiger partial charge on any atom is -0.310 e. The molecule has 0 heterocycles. The van der Waals surface area contributed by atoms with Crippen LogP contribution in [0.5, 0.6) is 0 Å². The number of nitrogens with one attached hydrogen (secondary N) is 1. The van der Waals surface area contributed by atoms with E-state index in [1.165, 1.54) is 0 Å². The average Bonchev–Trinajstić information content (AvgIpc) is 2.28. The van der Waals surface area contributed by atoms with E-state index >= 15 is 0 Å². The van der Waals surface area contributed by atoms with Crippen LogP contribution in [0.3, 0.4) is 0 Å². The highest BCUT2D eigenvalue weighted by atomic mass is 19.1. The van der Waals surface area contributed by atoms with Crippen LogP contribution in [0, 0.1) is 18.6 Å². The Morgan fingerprint density at radius 2 is 1.94 bits per heavy atom. The molecular formula is C14H19F2N. The molecule has 1 aromatic rings. The topological polar surface area (TPSA) is 12.0 Å². The van der Waals surface area contributed by atoms with Crippen LogP contribution < -0.4 is 5.32 Å². The third-order valence-electron chi connectivity index (χ3n) is 3.74. The van der Waals surface area contributed by atoms with Crippen LogP contribution >= 0.6 is 0 Å². The Hall–Kier alpha value is -0.960. The summed E-state index contributed by atoms with van der Waals surface area (Å²) in [5.74, 6) is -0.643. The fourth-order valence-corrected chi connectivity index (χ4v) is 2.86. The van der Waals surface area contributed by atoms with Gasteiger partial charge in [0.15, 0.2) is 0 Å². The lowest BCUT2D eigenvalue weighted by atomic mass is 9.78. The second-order valence-corrected chi connectivity index (χ2v) is 4.88. The smallest absolute Gasteiger partial charge is 0.129 e. The molecule has 2 atom stereocenters. The van der Waals surface area contributed by atoms with Crippen molar-refractivity contribution in [3.63, 3.8) is 0 Å². The number of benzene rings is 1. The van der Waals surface area contributed by atoms with E-state index in [1.807, 2.05) is 13.8 Å². The van der Waals surface area contributed by atoms with Gasteiger partial charge in [-0.05, 0) is 48.9 Å². The van der Waals surface area contributed by atoms with Gasteiger partial charge in [-0.1, -0.05) is 13.8 Å². The molecule has 94 valence electrons. The van der Waals surface area contributed by atoms with E-state index in [9.17, 15) is 8.78 Å². The number of fused-ring (bicyclic) bond motifs is 1. The molecule has 0 saturated heterocycles. The van der Waals surface area contributed by atoms with Crippen LogP contribution in [0.4, 0.5) is 8.78 Å². The summed E-state index contributed by atoms with van der Waals surface area (Å²) < 4.78 is 27.5. The summed E-state index contributed by atoms with van der Waals surface area (Å²) in [5.41, 5.74) is 2.16. The van der Waals surface area contributed by atoms with Gasteiger partial charge in [0, 0.05) is 12.1 Å². The summed E-state index contributed by atoms with van der Waals surface area (Å²) in [6.45, 7) is 6.59. The first-order valence-corrected chi connectivity index (χ1v) is 6.28. The molecule has 2 unspecified atom stereocenters. The zero-order valence-electron chi connectivity index (χ0n) is 10.6. The number of halogens is 2. The van der Waals surface area contributed by atoms with Gasteiger partial charge in [0.1, 0.15) is 11.6 Å². The standard InChI is InChI=1S/C14H19F2N/c1-4-17-12-6-5-8(2)13-11(16)7-10(15)9(3)14(12)13/h7-8,12,17H,4-6H2,1-3H3. The Kier molecular flexibility index (Phi) is 3.48. The minimum atomic E-state index is -0.432. The van der Waals surface area contributed by atoms with Gasteiger partial charge in [0.2, 0.25) is 0 Å². The maximum absolute atomic E-state index is 13.9. The molecule has 17 heavy (non-hydrogen) atoms. The lowest BCUT2D eigenvalue weighted by molar-refractivity contribution is 0.418. The molecule has 0 aromatic heterocycles. The first-order chi connectivity index (χ1) is 8.06. The second kappa shape index (κ2) is 4.73. The van der Waals surface area contributed by atoms with E-state index in [4.69, 9.17) is 0 Å². The molecule has 0 aliphatic heterocycles. The highest BCUT2D eigenvalue weighted by Crippen LogP contribution is 2.41. The fourth-order valence-electron chi connectivity index (χ4n) is 2.86. The van der Waals surface area contributed by atoms with Crippen LogP contribution in [0.2, 0.25) is 0 Å². The SMILES string of the molecule is CCNC1CCC(C)c2c(F)cc(F)c(C)c21. The molecule has 0 spiro atoms. The molecule has 2 rings (SSSR count). The maximum Gasteiger partial charge on any atom is 0.129 e. The monoisotopic (exact) mass is 239 g/mol. The quantitative estimate of drug-likeness (QED) is 0.827. The Morgan fingerprint density at radius 1 is 1.24 bits per heavy atom. The molecule has 1 aromatic carbocycles. The molecule has 0 fully saturated rings. The van der Waals surface area contributed by atoms with Gasteiger partial charge in [0.05, 0.1) is 0 Å². The van der Waals surface area contributed by atoms with Crippen molar-refractivity contribution >= 4 is 0 Å². The maximum atomic E-state index is 13.9. The van der Waals surface area contributed by atoms with Crippen LogP contribution in [-0.4, -0.2) is 6.54 Å².